The second-order valence-electron chi connectivity index (χ2n) is 3.77. The van der Waals surface area contributed by atoms with Gasteiger partial charge in [-0.05, 0) is 19.4 Å². The van der Waals surface area contributed by atoms with Crippen molar-refractivity contribution in [3.63, 3.8) is 0 Å². The zero-order chi connectivity index (χ0) is 10.9. The maximum absolute atomic E-state index is 13.2. The first-order valence-electron chi connectivity index (χ1n) is 4.57. The molecule has 1 atom stereocenters. The zero-order valence-electron chi connectivity index (χ0n) is 8.64. The number of aryl methyl sites for hydroxylation is 1. The van der Waals surface area contributed by atoms with Crippen molar-refractivity contribution in [1.29, 1.82) is 0 Å². The summed E-state index contributed by atoms with van der Waals surface area (Å²) in [6.07, 6.45) is 0. The van der Waals surface area contributed by atoms with Crippen molar-refractivity contribution >= 4 is 0 Å². The van der Waals surface area contributed by atoms with Gasteiger partial charge >= 0.3 is 0 Å². The molecule has 0 aliphatic rings. The van der Waals surface area contributed by atoms with E-state index in [1.807, 2.05) is 6.92 Å². The van der Waals surface area contributed by atoms with Crippen LogP contribution >= 0.6 is 0 Å². The van der Waals surface area contributed by atoms with E-state index in [1.54, 1.807) is 19.1 Å². The Morgan fingerprint density at radius 1 is 1.36 bits per heavy atom. The van der Waals surface area contributed by atoms with E-state index in [0.29, 0.717) is 5.56 Å². The summed E-state index contributed by atoms with van der Waals surface area (Å²) in [6.45, 7) is 4.47. The second-order valence-corrected chi connectivity index (χ2v) is 3.77. The van der Waals surface area contributed by atoms with Crippen LogP contribution in [0.4, 0.5) is 8.78 Å². The minimum Gasteiger partial charge on any atom is -0.324 e. The van der Waals surface area contributed by atoms with Crippen molar-refractivity contribution in [2.75, 3.05) is 0 Å². The van der Waals surface area contributed by atoms with Crippen molar-refractivity contribution in [2.45, 2.75) is 32.7 Å². The van der Waals surface area contributed by atoms with Gasteiger partial charge in [-0.3, -0.25) is 0 Å². The highest BCUT2D eigenvalue weighted by atomic mass is 19.3. The molecule has 0 aliphatic carbocycles. The van der Waals surface area contributed by atoms with Crippen molar-refractivity contribution in [2.24, 2.45) is 5.73 Å². The third-order valence-corrected chi connectivity index (χ3v) is 2.17. The van der Waals surface area contributed by atoms with Crippen LogP contribution in [0.15, 0.2) is 18.2 Å². The monoisotopic (exact) mass is 199 g/mol. The number of rotatable bonds is 2. The van der Waals surface area contributed by atoms with Crippen LogP contribution in [-0.4, -0.2) is 0 Å². The van der Waals surface area contributed by atoms with Crippen molar-refractivity contribution in [3.05, 3.63) is 34.9 Å². The molecule has 0 saturated heterocycles. The molecule has 78 valence electrons. The highest BCUT2D eigenvalue weighted by Gasteiger charge is 2.28. The molecule has 2 N–H and O–H groups in total. The Balaban J connectivity index is 3.29. The molecule has 0 spiro atoms. The van der Waals surface area contributed by atoms with E-state index in [4.69, 9.17) is 5.73 Å². The lowest BCUT2D eigenvalue weighted by Gasteiger charge is -2.18. The van der Waals surface area contributed by atoms with Crippen LogP contribution in [0.2, 0.25) is 0 Å². The van der Waals surface area contributed by atoms with E-state index in [0.717, 1.165) is 12.5 Å². The molecule has 0 saturated carbocycles. The van der Waals surface area contributed by atoms with Gasteiger partial charge in [0.25, 0.3) is 5.92 Å². The molecule has 1 unspecified atom stereocenters. The Hall–Kier alpha value is -0.960. The molecular weight excluding hydrogens is 184 g/mol. The van der Waals surface area contributed by atoms with Crippen LogP contribution in [0.1, 0.15) is 36.6 Å². The first-order chi connectivity index (χ1) is 6.32. The molecule has 0 radical (unpaired) electrons. The highest BCUT2D eigenvalue weighted by Crippen LogP contribution is 2.32. The van der Waals surface area contributed by atoms with Gasteiger partial charge in [0.05, 0.1) is 0 Å². The summed E-state index contributed by atoms with van der Waals surface area (Å²) in [7, 11) is 0. The average Bonchev–Trinajstić information content (AvgIpc) is 2.01. The molecule has 0 aliphatic heterocycles. The van der Waals surface area contributed by atoms with E-state index in [-0.39, 0.29) is 11.6 Å². The first-order valence-corrected chi connectivity index (χ1v) is 4.57. The van der Waals surface area contributed by atoms with Gasteiger partial charge in [0, 0.05) is 18.5 Å². The topological polar surface area (TPSA) is 26.0 Å². The molecule has 1 aromatic rings. The minimum absolute atomic E-state index is 0.0260. The molecule has 3 heteroatoms. The third-order valence-electron chi connectivity index (χ3n) is 2.17. The van der Waals surface area contributed by atoms with Crippen LogP contribution in [0.5, 0.6) is 0 Å². The predicted octanol–water partition coefficient (Wildman–Crippen LogP) is 3.13. The molecule has 0 bridgehead atoms. The molecule has 1 aromatic carbocycles. The first kappa shape index (κ1) is 11.1. The Morgan fingerprint density at radius 2 is 1.93 bits per heavy atom. The van der Waals surface area contributed by atoms with Gasteiger partial charge in [0.1, 0.15) is 0 Å². The van der Waals surface area contributed by atoms with Crippen LogP contribution in [0, 0.1) is 6.92 Å². The highest BCUT2D eigenvalue weighted by molar-refractivity contribution is 5.36. The van der Waals surface area contributed by atoms with E-state index >= 15 is 0 Å². The normalized spacial score (nSPS) is 14.1. The fraction of sp³-hybridized carbons (Fsp3) is 0.455. The molecular formula is C11H15F2N. The Morgan fingerprint density at radius 3 is 2.36 bits per heavy atom. The molecule has 0 amide bonds. The van der Waals surface area contributed by atoms with E-state index in [1.165, 1.54) is 6.07 Å². The van der Waals surface area contributed by atoms with Gasteiger partial charge in [-0.1, -0.05) is 23.8 Å². The van der Waals surface area contributed by atoms with E-state index in [9.17, 15) is 8.78 Å². The zero-order valence-corrected chi connectivity index (χ0v) is 8.64. The molecule has 0 heterocycles. The van der Waals surface area contributed by atoms with Gasteiger partial charge in [-0.25, -0.2) is 8.78 Å². The lowest BCUT2D eigenvalue weighted by Crippen LogP contribution is -2.16. The Kier molecular flexibility index (Phi) is 2.90. The summed E-state index contributed by atoms with van der Waals surface area (Å²) in [6, 6.07) is 4.49. The minimum atomic E-state index is -2.82. The van der Waals surface area contributed by atoms with Gasteiger partial charge in [-0.15, -0.1) is 0 Å². The predicted molar refractivity (Wildman–Crippen MR) is 53.3 cm³/mol. The summed E-state index contributed by atoms with van der Waals surface area (Å²) in [4.78, 5) is 0. The maximum Gasteiger partial charge on any atom is 0.270 e. The quantitative estimate of drug-likeness (QED) is 0.778. The molecule has 14 heavy (non-hydrogen) atoms. The number of hydrogen-bond donors (Lipinski definition) is 1. The third kappa shape index (κ3) is 2.29. The second kappa shape index (κ2) is 3.65. The van der Waals surface area contributed by atoms with Gasteiger partial charge in [0.15, 0.2) is 0 Å². The largest absolute Gasteiger partial charge is 0.324 e. The fourth-order valence-electron chi connectivity index (χ4n) is 1.46. The average molecular weight is 199 g/mol. The molecule has 0 aromatic heterocycles. The van der Waals surface area contributed by atoms with Gasteiger partial charge in [-0.2, -0.15) is 0 Å². The number of halogens is 2. The summed E-state index contributed by atoms with van der Waals surface area (Å²) in [5, 5.41) is 0. The SMILES string of the molecule is Cc1ccc(C(C)(F)F)c(C(C)N)c1. The number of hydrogen-bond acceptors (Lipinski definition) is 1. The van der Waals surface area contributed by atoms with E-state index in [2.05, 4.69) is 0 Å². The Bertz CT molecular complexity index is 327. The summed E-state index contributed by atoms with van der Waals surface area (Å²) in [5.41, 5.74) is 7.15. The summed E-state index contributed by atoms with van der Waals surface area (Å²) in [5.74, 6) is -2.82. The number of benzene rings is 1. The summed E-state index contributed by atoms with van der Waals surface area (Å²) >= 11 is 0. The summed E-state index contributed by atoms with van der Waals surface area (Å²) < 4.78 is 26.3. The Labute approximate surface area is 82.9 Å². The van der Waals surface area contributed by atoms with Gasteiger partial charge < -0.3 is 5.73 Å². The van der Waals surface area contributed by atoms with Crippen LogP contribution in [-0.2, 0) is 5.92 Å². The maximum atomic E-state index is 13.2. The van der Waals surface area contributed by atoms with Crippen molar-refractivity contribution in [3.8, 4) is 0 Å². The lowest BCUT2D eigenvalue weighted by molar-refractivity contribution is 0.0162. The number of alkyl halides is 2. The van der Waals surface area contributed by atoms with E-state index < -0.39 is 5.92 Å². The molecule has 0 fully saturated rings. The fourth-order valence-corrected chi connectivity index (χ4v) is 1.46. The van der Waals surface area contributed by atoms with Crippen LogP contribution in [0.3, 0.4) is 0 Å². The van der Waals surface area contributed by atoms with Crippen LogP contribution in [0.25, 0.3) is 0 Å². The molecule has 1 rings (SSSR count). The standard InChI is InChI=1S/C11H15F2N/c1-7-4-5-10(11(3,12)13)9(6-7)8(2)14/h4-6,8H,14H2,1-3H3. The number of nitrogens with two attached hydrogens (primary N) is 1. The van der Waals surface area contributed by atoms with Crippen LogP contribution < -0.4 is 5.73 Å². The molecule has 1 nitrogen and oxygen atoms in total. The lowest BCUT2D eigenvalue weighted by atomic mass is 9.96. The van der Waals surface area contributed by atoms with Crippen molar-refractivity contribution in [1.82, 2.24) is 0 Å². The van der Waals surface area contributed by atoms with Gasteiger partial charge in [0.2, 0.25) is 0 Å². The van der Waals surface area contributed by atoms with Crippen molar-refractivity contribution < 1.29 is 8.78 Å². The smallest absolute Gasteiger partial charge is 0.270 e.